The van der Waals surface area contributed by atoms with Crippen LogP contribution in [0.5, 0.6) is 5.75 Å². The van der Waals surface area contributed by atoms with Gasteiger partial charge in [-0.25, -0.2) is 0 Å². The molecule has 20 heavy (non-hydrogen) atoms. The largest absolute Gasteiger partial charge is 0.487 e. The predicted molar refractivity (Wildman–Crippen MR) is 85.0 cm³/mol. The Labute approximate surface area is 129 Å². The first kappa shape index (κ1) is 14.4. The number of piperidine rings is 1. The van der Waals surface area contributed by atoms with Crippen molar-refractivity contribution in [3.8, 4) is 5.75 Å². The molecule has 0 bridgehead atoms. The number of hydrogen-bond acceptors (Lipinski definition) is 3. The molecule has 2 aliphatic rings. The third-order valence-corrected chi connectivity index (χ3v) is 5.09. The van der Waals surface area contributed by atoms with E-state index < -0.39 is 0 Å². The molecule has 3 rings (SSSR count). The second kappa shape index (κ2) is 5.66. The van der Waals surface area contributed by atoms with Gasteiger partial charge in [-0.15, -0.1) is 0 Å². The summed E-state index contributed by atoms with van der Waals surface area (Å²) < 4.78 is 7.46. The summed E-state index contributed by atoms with van der Waals surface area (Å²) in [4.78, 5) is 2.54. The van der Waals surface area contributed by atoms with Gasteiger partial charge in [-0.3, -0.25) is 0 Å². The Morgan fingerprint density at radius 2 is 2.15 bits per heavy atom. The Hall–Kier alpha value is -0.580. The standard InChI is InChI=1S/C16H23BrN2O/c1-2-7-19-8-5-16(6-9-19)11-14(18)13-4-3-12(17)10-15(13)20-16/h3-4,10,14H,2,5-9,11,18H2,1H3/t14-/m1/s1. The molecule has 2 aliphatic heterocycles. The fraction of sp³-hybridized carbons (Fsp3) is 0.625. The number of rotatable bonds is 2. The van der Waals surface area contributed by atoms with Crippen LogP contribution in [0.4, 0.5) is 0 Å². The lowest BCUT2D eigenvalue weighted by molar-refractivity contribution is -0.0216. The van der Waals surface area contributed by atoms with Gasteiger partial charge < -0.3 is 15.4 Å². The molecule has 0 aliphatic carbocycles. The third-order valence-electron chi connectivity index (χ3n) is 4.60. The van der Waals surface area contributed by atoms with E-state index in [2.05, 4.69) is 39.9 Å². The van der Waals surface area contributed by atoms with Gasteiger partial charge in [0.2, 0.25) is 0 Å². The van der Waals surface area contributed by atoms with Crippen molar-refractivity contribution in [2.75, 3.05) is 19.6 Å². The van der Waals surface area contributed by atoms with Gasteiger partial charge in [0.1, 0.15) is 11.4 Å². The van der Waals surface area contributed by atoms with E-state index in [-0.39, 0.29) is 11.6 Å². The summed E-state index contributed by atoms with van der Waals surface area (Å²) >= 11 is 3.52. The molecule has 1 aromatic rings. The first-order valence-corrected chi connectivity index (χ1v) is 8.37. The fourth-order valence-corrected chi connectivity index (χ4v) is 3.84. The molecule has 2 heterocycles. The first-order chi connectivity index (χ1) is 9.62. The van der Waals surface area contributed by atoms with Crippen molar-refractivity contribution in [1.82, 2.24) is 4.90 Å². The van der Waals surface area contributed by atoms with Crippen molar-refractivity contribution >= 4 is 15.9 Å². The summed E-state index contributed by atoms with van der Waals surface area (Å²) in [5.41, 5.74) is 7.49. The molecular weight excluding hydrogens is 316 g/mol. The second-order valence-corrected chi connectivity index (χ2v) is 7.04. The molecule has 3 nitrogen and oxygen atoms in total. The SMILES string of the molecule is CCCN1CCC2(CC1)C[C@@H](N)c1ccc(Br)cc1O2. The maximum Gasteiger partial charge on any atom is 0.126 e. The Kier molecular flexibility index (Phi) is 4.07. The highest BCUT2D eigenvalue weighted by Gasteiger charge is 2.42. The van der Waals surface area contributed by atoms with Crippen LogP contribution in [-0.2, 0) is 0 Å². The van der Waals surface area contributed by atoms with Gasteiger partial charge in [0.15, 0.2) is 0 Å². The van der Waals surface area contributed by atoms with Crippen molar-refractivity contribution in [2.24, 2.45) is 5.73 Å². The number of nitrogens with two attached hydrogens (primary N) is 1. The molecule has 0 aromatic heterocycles. The Morgan fingerprint density at radius 3 is 2.85 bits per heavy atom. The average Bonchev–Trinajstić information content (AvgIpc) is 2.41. The number of ether oxygens (including phenoxy) is 1. The number of fused-ring (bicyclic) bond motifs is 1. The van der Waals surface area contributed by atoms with Gasteiger partial charge in [-0.1, -0.05) is 28.9 Å². The topological polar surface area (TPSA) is 38.5 Å². The Morgan fingerprint density at radius 1 is 1.40 bits per heavy atom. The molecule has 0 saturated carbocycles. The first-order valence-electron chi connectivity index (χ1n) is 7.58. The van der Waals surface area contributed by atoms with Crippen molar-refractivity contribution < 1.29 is 4.74 Å². The molecule has 0 radical (unpaired) electrons. The van der Waals surface area contributed by atoms with E-state index >= 15 is 0 Å². The second-order valence-electron chi connectivity index (χ2n) is 6.12. The summed E-state index contributed by atoms with van der Waals surface area (Å²) in [5, 5.41) is 0. The van der Waals surface area contributed by atoms with Crippen LogP contribution in [-0.4, -0.2) is 30.1 Å². The van der Waals surface area contributed by atoms with Gasteiger partial charge >= 0.3 is 0 Å². The van der Waals surface area contributed by atoms with Crippen LogP contribution in [0, 0.1) is 0 Å². The number of nitrogens with zero attached hydrogens (tertiary/aromatic N) is 1. The summed E-state index contributed by atoms with van der Waals surface area (Å²) in [6.45, 7) is 5.70. The van der Waals surface area contributed by atoms with Crippen molar-refractivity contribution in [1.29, 1.82) is 0 Å². The molecule has 1 aromatic carbocycles. The molecule has 0 unspecified atom stereocenters. The smallest absolute Gasteiger partial charge is 0.126 e. The normalized spacial score (nSPS) is 25.2. The molecule has 1 spiro atoms. The fourth-order valence-electron chi connectivity index (χ4n) is 3.50. The minimum absolute atomic E-state index is 0.0442. The summed E-state index contributed by atoms with van der Waals surface area (Å²) in [5.74, 6) is 0.974. The van der Waals surface area contributed by atoms with Gasteiger partial charge in [-0.2, -0.15) is 0 Å². The van der Waals surface area contributed by atoms with Gasteiger partial charge in [0.25, 0.3) is 0 Å². The van der Waals surface area contributed by atoms with E-state index in [1.165, 1.54) is 13.0 Å². The van der Waals surface area contributed by atoms with Crippen LogP contribution in [0.2, 0.25) is 0 Å². The highest BCUT2D eigenvalue weighted by molar-refractivity contribution is 9.10. The van der Waals surface area contributed by atoms with Crippen LogP contribution in [0.25, 0.3) is 0 Å². The lowest BCUT2D eigenvalue weighted by Crippen LogP contribution is -2.51. The van der Waals surface area contributed by atoms with Crippen LogP contribution in [0.15, 0.2) is 22.7 Å². The Balaban J connectivity index is 1.77. The summed E-state index contributed by atoms with van der Waals surface area (Å²) in [6.07, 6.45) is 4.35. The lowest BCUT2D eigenvalue weighted by atomic mass is 9.81. The van der Waals surface area contributed by atoms with E-state index in [0.717, 1.165) is 48.1 Å². The van der Waals surface area contributed by atoms with Crippen molar-refractivity contribution in [3.05, 3.63) is 28.2 Å². The highest BCUT2D eigenvalue weighted by atomic mass is 79.9. The summed E-state index contributed by atoms with van der Waals surface area (Å²) in [7, 11) is 0. The van der Waals surface area contributed by atoms with E-state index in [4.69, 9.17) is 10.5 Å². The molecule has 2 N–H and O–H groups in total. The minimum Gasteiger partial charge on any atom is -0.487 e. The van der Waals surface area contributed by atoms with Gasteiger partial charge in [0, 0.05) is 35.6 Å². The van der Waals surface area contributed by atoms with Gasteiger partial charge in [0.05, 0.1) is 0 Å². The molecule has 1 fully saturated rings. The van der Waals surface area contributed by atoms with E-state index in [9.17, 15) is 0 Å². The third kappa shape index (κ3) is 2.74. The average molecular weight is 339 g/mol. The summed E-state index contributed by atoms with van der Waals surface area (Å²) in [6, 6.07) is 6.30. The van der Waals surface area contributed by atoms with Crippen LogP contribution in [0.3, 0.4) is 0 Å². The zero-order valence-corrected chi connectivity index (χ0v) is 13.7. The van der Waals surface area contributed by atoms with E-state index in [0.29, 0.717) is 0 Å². The quantitative estimate of drug-likeness (QED) is 0.897. The van der Waals surface area contributed by atoms with Crippen LogP contribution in [0.1, 0.15) is 44.2 Å². The van der Waals surface area contributed by atoms with Crippen LogP contribution >= 0.6 is 15.9 Å². The molecule has 1 saturated heterocycles. The van der Waals surface area contributed by atoms with Crippen molar-refractivity contribution in [2.45, 2.75) is 44.2 Å². The predicted octanol–water partition coefficient (Wildman–Crippen LogP) is 3.48. The maximum atomic E-state index is 6.40. The number of benzene rings is 1. The molecule has 4 heteroatoms. The number of hydrogen-bond donors (Lipinski definition) is 1. The van der Waals surface area contributed by atoms with E-state index in [1.807, 2.05) is 6.07 Å². The zero-order chi connectivity index (χ0) is 14.2. The Bertz CT molecular complexity index is 483. The molecule has 0 amide bonds. The lowest BCUT2D eigenvalue weighted by Gasteiger charge is -2.46. The monoisotopic (exact) mass is 338 g/mol. The number of halogens is 1. The molecular formula is C16H23BrN2O. The van der Waals surface area contributed by atoms with Crippen LogP contribution < -0.4 is 10.5 Å². The molecule has 110 valence electrons. The van der Waals surface area contributed by atoms with E-state index in [1.54, 1.807) is 0 Å². The zero-order valence-electron chi connectivity index (χ0n) is 12.1. The van der Waals surface area contributed by atoms with Gasteiger partial charge in [-0.05, 0) is 37.9 Å². The maximum absolute atomic E-state index is 6.40. The minimum atomic E-state index is -0.0442. The molecule has 1 atom stereocenters. The van der Waals surface area contributed by atoms with Crippen molar-refractivity contribution in [3.63, 3.8) is 0 Å². The number of likely N-dealkylation sites (tertiary alicyclic amines) is 1. The highest BCUT2D eigenvalue weighted by Crippen LogP contribution is 2.44.